The lowest BCUT2D eigenvalue weighted by atomic mass is 10.1. The highest BCUT2D eigenvalue weighted by Gasteiger charge is 2.16. The Hall–Kier alpha value is -0.570. The summed E-state index contributed by atoms with van der Waals surface area (Å²) in [7, 11) is 0. The lowest BCUT2D eigenvalue weighted by Gasteiger charge is -2.32. The fraction of sp³-hybridized carbons (Fsp3) is 0.917. The lowest BCUT2D eigenvalue weighted by molar-refractivity contribution is -0.306. The summed E-state index contributed by atoms with van der Waals surface area (Å²) in [6.07, 6.45) is 0.124. The third kappa shape index (κ3) is 7.37. The second-order valence-corrected chi connectivity index (χ2v) is 5.17. The van der Waals surface area contributed by atoms with Crippen molar-refractivity contribution in [3.05, 3.63) is 0 Å². The van der Waals surface area contributed by atoms with Crippen molar-refractivity contribution >= 4 is 5.97 Å². The molecule has 0 aliphatic carbocycles. The number of carbonyl (C=O) groups excluding carboxylic acids is 1. The smallest absolute Gasteiger partial charge is 0.0429 e. The molecule has 0 saturated carbocycles. The number of aliphatic carboxylic acids is 1. The molecule has 0 aromatic rings. The van der Waals surface area contributed by atoms with Gasteiger partial charge in [-0.2, -0.15) is 0 Å². The Balaban J connectivity index is 4.26. The van der Waals surface area contributed by atoms with Crippen molar-refractivity contribution in [2.45, 2.75) is 47.1 Å². The maximum Gasteiger partial charge on any atom is 0.0429 e. The Morgan fingerprint density at radius 2 is 1.47 bits per heavy atom. The van der Waals surface area contributed by atoms with E-state index in [9.17, 15) is 9.90 Å². The van der Waals surface area contributed by atoms with Gasteiger partial charge in [0.05, 0.1) is 0 Å². The zero-order chi connectivity index (χ0) is 12.0. The molecule has 0 aliphatic heterocycles. The number of hydrogen-bond donors (Lipinski definition) is 0. The van der Waals surface area contributed by atoms with Gasteiger partial charge >= 0.3 is 0 Å². The molecular weight excluding hydrogens is 190 g/mol. The number of carboxylic acids is 1. The molecule has 1 unspecified atom stereocenters. The summed E-state index contributed by atoms with van der Waals surface area (Å²) >= 11 is 0. The SMILES string of the molecule is CC(C)CN(CC(C)C)C(C)CC(=O)[O-]. The van der Waals surface area contributed by atoms with E-state index in [4.69, 9.17) is 0 Å². The van der Waals surface area contributed by atoms with Gasteiger partial charge in [0, 0.05) is 31.5 Å². The Morgan fingerprint density at radius 1 is 1.07 bits per heavy atom. The van der Waals surface area contributed by atoms with Crippen molar-refractivity contribution in [2.75, 3.05) is 13.1 Å². The van der Waals surface area contributed by atoms with Crippen molar-refractivity contribution in [1.82, 2.24) is 4.90 Å². The van der Waals surface area contributed by atoms with Gasteiger partial charge in [0.15, 0.2) is 0 Å². The van der Waals surface area contributed by atoms with Crippen LogP contribution in [0.2, 0.25) is 0 Å². The van der Waals surface area contributed by atoms with E-state index in [2.05, 4.69) is 32.6 Å². The monoisotopic (exact) mass is 214 g/mol. The molecule has 3 nitrogen and oxygen atoms in total. The number of rotatable bonds is 7. The average Bonchev–Trinajstić information content (AvgIpc) is 1.99. The zero-order valence-corrected chi connectivity index (χ0v) is 10.6. The van der Waals surface area contributed by atoms with Crippen LogP contribution in [0.4, 0.5) is 0 Å². The number of nitrogens with zero attached hydrogens (tertiary/aromatic N) is 1. The van der Waals surface area contributed by atoms with Crippen LogP contribution in [0.15, 0.2) is 0 Å². The minimum atomic E-state index is -0.958. The van der Waals surface area contributed by atoms with Gasteiger partial charge in [-0.25, -0.2) is 0 Å². The molecule has 0 saturated heterocycles. The molecule has 0 rings (SSSR count). The molecule has 0 aromatic heterocycles. The van der Waals surface area contributed by atoms with Crippen molar-refractivity contribution in [3.8, 4) is 0 Å². The van der Waals surface area contributed by atoms with E-state index in [1.807, 2.05) is 6.92 Å². The quantitative estimate of drug-likeness (QED) is 0.638. The molecule has 0 amide bonds. The van der Waals surface area contributed by atoms with Gasteiger partial charge in [0.1, 0.15) is 0 Å². The zero-order valence-electron chi connectivity index (χ0n) is 10.6. The highest BCUT2D eigenvalue weighted by Crippen LogP contribution is 2.10. The summed E-state index contributed by atoms with van der Waals surface area (Å²) in [5.74, 6) is 0.168. The van der Waals surface area contributed by atoms with Crippen LogP contribution in [-0.2, 0) is 4.79 Å². The molecule has 90 valence electrons. The standard InChI is InChI=1S/C12H25NO2/c1-9(2)7-13(8-10(3)4)11(5)6-12(14)15/h9-11H,6-8H2,1-5H3,(H,14,15)/p-1. The second kappa shape index (κ2) is 6.83. The summed E-state index contributed by atoms with van der Waals surface area (Å²) < 4.78 is 0. The molecule has 0 heterocycles. The summed E-state index contributed by atoms with van der Waals surface area (Å²) in [4.78, 5) is 12.8. The van der Waals surface area contributed by atoms with Crippen LogP contribution in [-0.4, -0.2) is 30.0 Å². The van der Waals surface area contributed by atoms with Crippen LogP contribution in [0.3, 0.4) is 0 Å². The summed E-state index contributed by atoms with van der Waals surface area (Å²) in [6.45, 7) is 12.5. The maximum atomic E-state index is 10.5. The molecular formula is C12H24NO2-. The van der Waals surface area contributed by atoms with E-state index < -0.39 is 5.97 Å². The first kappa shape index (κ1) is 14.4. The van der Waals surface area contributed by atoms with Crippen LogP contribution >= 0.6 is 0 Å². The van der Waals surface area contributed by atoms with E-state index in [1.54, 1.807) is 0 Å². The predicted octanol–water partition coefficient (Wildman–Crippen LogP) is 1.13. The number of carboxylic acid groups (broad SMARTS) is 1. The van der Waals surface area contributed by atoms with Gasteiger partial charge < -0.3 is 9.90 Å². The Kier molecular flexibility index (Phi) is 6.57. The van der Waals surface area contributed by atoms with Crippen LogP contribution in [0.25, 0.3) is 0 Å². The van der Waals surface area contributed by atoms with Gasteiger partial charge in [-0.05, 0) is 18.8 Å². The van der Waals surface area contributed by atoms with Gasteiger partial charge in [0.25, 0.3) is 0 Å². The fourth-order valence-corrected chi connectivity index (χ4v) is 1.74. The Bertz CT molecular complexity index is 180. The molecule has 0 radical (unpaired) electrons. The molecule has 0 aromatic carbocycles. The summed E-state index contributed by atoms with van der Waals surface area (Å²) in [5.41, 5.74) is 0. The maximum absolute atomic E-state index is 10.5. The van der Waals surface area contributed by atoms with E-state index >= 15 is 0 Å². The number of carbonyl (C=O) groups is 1. The third-order valence-corrected chi connectivity index (χ3v) is 2.28. The number of hydrogen-bond acceptors (Lipinski definition) is 3. The van der Waals surface area contributed by atoms with Crippen molar-refractivity contribution in [2.24, 2.45) is 11.8 Å². The van der Waals surface area contributed by atoms with Crippen molar-refractivity contribution in [1.29, 1.82) is 0 Å². The lowest BCUT2D eigenvalue weighted by Crippen LogP contribution is -2.41. The predicted molar refractivity (Wildman–Crippen MR) is 60.3 cm³/mol. The minimum Gasteiger partial charge on any atom is -0.550 e. The topological polar surface area (TPSA) is 43.4 Å². The molecule has 0 bridgehead atoms. The van der Waals surface area contributed by atoms with Gasteiger partial charge in [0.2, 0.25) is 0 Å². The summed E-state index contributed by atoms with van der Waals surface area (Å²) in [5, 5.41) is 10.5. The van der Waals surface area contributed by atoms with Crippen LogP contribution < -0.4 is 5.11 Å². The highest BCUT2D eigenvalue weighted by atomic mass is 16.4. The summed E-state index contributed by atoms with van der Waals surface area (Å²) in [6, 6.07) is 0.0693. The minimum absolute atomic E-state index is 0.0693. The molecule has 15 heavy (non-hydrogen) atoms. The largest absolute Gasteiger partial charge is 0.550 e. The average molecular weight is 214 g/mol. The van der Waals surface area contributed by atoms with E-state index in [0.29, 0.717) is 11.8 Å². The van der Waals surface area contributed by atoms with Crippen LogP contribution in [0, 0.1) is 11.8 Å². The normalized spacial score (nSPS) is 13.9. The van der Waals surface area contributed by atoms with Gasteiger partial charge in [-0.15, -0.1) is 0 Å². The Morgan fingerprint density at radius 3 is 1.73 bits per heavy atom. The van der Waals surface area contributed by atoms with Gasteiger partial charge in [-0.1, -0.05) is 27.7 Å². The Labute approximate surface area is 93.5 Å². The fourth-order valence-electron chi connectivity index (χ4n) is 1.74. The van der Waals surface area contributed by atoms with Crippen molar-refractivity contribution in [3.63, 3.8) is 0 Å². The first-order valence-corrected chi connectivity index (χ1v) is 5.76. The second-order valence-electron chi connectivity index (χ2n) is 5.17. The highest BCUT2D eigenvalue weighted by molar-refractivity contribution is 5.64. The van der Waals surface area contributed by atoms with Crippen molar-refractivity contribution < 1.29 is 9.90 Å². The van der Waals surface area contributed by atoms with Crippen LogP contribution in [0.5, 0.6) is 0 Å². The van der Waals surface area contributed by atoms with E-state index in [-0.39, 0.29) is 12.5 Å². The van der Waals surface area contributed by atoms with E-state index in [1.165, 1.54) is 0 Å². The molecule has 0 aliphatic rings. The third-order valence-electron chi connectivity index (χ3n) is 2.28. The molecule has 1 atom stereocenters. The molecule has 0 fully saturated rings. The van der Waals surface area contributed by atoms with Crippen LogP contribution in [0.1, 0.15) is 41.0 Å². The first-order valence-electron chi connectivity index (χ1n) is 5.76. The molecule has 3 heteroatoms. The van der Waals surface area contributed by atoms with Gasteiger partial charge in [-0.3, -0.25) is 4.90 Å². The molecule has 0 spiro atoms. The molecule has 0 N–H and O–H groups in total. The first-order chi connectivity index (χ1) is 6.82. The van der Waals surface area contributed by atoms with E-state index in [0.717, 1.165) is 13.1 Å².